The van der Waals surface area contributed by atoms with Crippen LogP contribution in [-0.4, -0.2) is 22.7 Å². The number of hydrogen-bond donors (Lipinski definition) is 3. The summed E-state index contributed by atoms with van der Waals surface area (Å²) < 4.78 is 0. The maximum atomic E-state index is 11.7. The van der Waals surface area contributed by atoms with Crippen LogP contribution in [0.5, 0.6) is 11.5 Å². The molecule has 1 amide bonds. The highest BCUT2D eigenvalue weighted by atomic mass is 16.3. The van der Waals surface area contributed by atoms with Gasteiger partial charge in [-0.15, -0.1) is 0 Å². The number of aromatic hydroxyl groups is 2. The molecule has 1 fully saturated rings. The molecule has 2 atom stereocenters. The molecule has 0 radical (unpaired) electrons. The summed E-state index contributed by atoms with van der Waals surface area (Å²) >= 11 is 0. The topological polar surface area (TPSA) is 69.6 Å². The van der Waals surface area contributed by atoms with E-state index in [2.05, 4.69) is 5.32 Å². The quantitative estimate of drug-likeness (QED) is 0.792. The molecule has 1 aliphatic carbocycles. The van der Waals surface area contributed by atoms with E-state index >= 15 is 0 Å². The summed E-state index contributed by atoms with van der Waals surface area (Å²) in [6.45, 7) is 2.60. The van der Waals surface area contributed by atoms with Crippen LogP contribution in [0.3, 0.4) is 0 Å². The van der Waals surface area contributed by atoms with Crippen molar-refractivity contribution in [3.63, 3.8) is 0 Å². The number of benzene rings is 1. The van der Waals surface area contributed by atoms with Gasteiger partial charge in [0.25, 0.3) is 0 Å². The Morgan fingerprint density at radius 3 is 2.85 bits per heavy atom. The Hall–Kier alpha value is -1.71. The van der Waals surface area contributed by atoms with E-state index in [-0.39, 0.29) is 23.3 Å². The van der Waals surface area contributed by atoms with Gasteiger partial charge < -0.3 is 15.5 Å². The molecule has 1 aromatic rings. The van der Waals surface area contributed by atoms with E-state index in [9.17, 15) is 15.0 Å². The van der Waals surface area contributed by atoms with E-state index in [1.165, 1.54) is 6.07 Å². The first-order chi connectivity index (χ1) is 9.60. The summed E-state index contributed by atoms with van der Waals surface area (Å²) in [7, 11) is 0. The average molecular weight is 277 g/mol. The standard InChI is InChI=1S/C16H23NO3/c1-2-17-16(20)9-11-4-3-5-12(8-11)14-7-6-13(18)10-15(14)19/h6-7,10-12,18-19H,2-5,8-9H2,1H3,(H,17,20). The average Bonchev–Trinajstić information content (AvgIpc) is 2.39. The minimum Gasteiger partial charge on any atom is -0.508 e. The first-order valence-electron chi connectivity index (χ1n) is 7.38. The van der Waals surface area contributed by atoms with Crippen molar-refractivity contribution in [3.8, 4) is 11.5 Å². The normalized spacial score (nSPS) is 22.4. The summed E-state index contributed by atoms with van der Waals surface area (Å²) in [5.74, 6) is 1.03. The fourth-order valence-corrected chi connectivity index (χ4v) is 3.17. The third-order valence-corrected chi connectivity index (χ3v) is 4.08. The summed E-state index contributed by atoms with van der Waals surface area (Å²) in [4.78, 5) is 11.7. The molecule has 2 unspecified atom stereocenters. The van der Waals surface area contributed by atoms with Gasteiger partial charge in [0.2, 0.25) is 5.91 Å². The predicted octanol–water partition coefficient (Wildman–Crippen LogP) is 2.90. The molecule has 0 aliphatic heterocycles. The van der Waals surface area contributed by atoms with Crippen LogP contribution in [0, 0.1) is 5.92 Å². The molecule has 4 heteroatoms. The third-order valence-electron chi connectivity index (χ3n) is 4.08. The number of phenols is 2. The van der Waals surface area contributed by atoms with Crippen molar-refractivity contribution in [2.45, 2.75) is 44.9 Å². The maximum absolute atomic E-state index is 11.7. The van der Waals surface area contributed by atoms with Crippen LogP contribution in [-0.2, 0) is 4.79 Å². The van der Waals surface area contributed by atoms with Gasteiger partial charge in [-0.1, -0.05) is 12.5 Å². The Labute approximate surface area is 119 Å². The lowest BCUT2D eigenvalue weighted by Gasteiger charge is -2.29. The second-order valence-corrected chi connectivity index (χ2v) is 5.63. The minimum absolute atomic E-state index is 0.0842. The van der Waals surface area contributed by atoms with Crippen molar-refractivity contribution in [1.29, 1.82) is 0 Å². The maximum Gasteiger partial charge on any atom is 0.220 e. The monoisotopic (exact) mass is 277 g/mol. The van der Waals surface area contributed by atoms with E-state index in [1.807, 2.05) is 6.92 Å². The second kappa shape index (κ2) is 6.64. The van der Waals surface area contributed by atoms with Gasteiger partial charge in [-0.25, -0.2) is 0 Å². The summed E-state index contributed by atoms with van der Waals surface area (Å²) in [5.41, 5.74) is 0.892. The molecule has 3 N–H and O–H groups in total. The molecule has 0 aromatic heterocycles. The van der Waals surface area contributed by atoms with Crippen molar-refractivity contribution in [1.82, 2.24) is 5.32 Å². The van der Waals surface area contributed by atoms with Gasteiger partial charge in [-0.2, -0.15) is 0 Å². The Morgan fingerprint density at radius 1 is 1.35 bits per heavy atom. The molecule has 0 spiro atoms. The van der Waals surface area contributed by atoms with E-state index < -0.39 is 0 Å². The number of phenolic OH excluding ortho intramolecular Hbond substituents is 2. The zero-order valence-corrected chi connectivity index (χ0v) is 11.9. The lowest BCUT2D eigenvalue weighted by atomic mass is 9.76. The molecular formula is C16H23NO3. The van der Waals surface area contributed by atoms with Crippen LogP contribution in [0.4, 0.5) is 0 Å². The molecule has 0 saturated heterocycles. The van der Waals surface area contributed by atoms with Gasteiger partial charge in [-0.05, 0) is 49.7 Å². The van der Waals surface area contributed by atoms with E-state index in [1.54, 1.807) is 12.1 Å². The number of carbonyl (C=O) groups is 1. The zero-order chi connectivity index (χ0) is 14.5. The molecule has 1 saturated carbocycles. The predicted molar refractivity (Wildman–Crippen MR) is 77.8 cm³/mol. The van der Waals surface area contributed by atoms with Gasteiger partial charge in [0.15, 0.2) is 0 Å². The third kappa shape index (κ3) is 3.65. The molecule has 0 bridgehead atoms. The number of hydrogen-bond acceptors (Lipinski definition) is 3. The summed E-state index contributed by atoms with van der Waals surface area (Å²) in [5, 5.41) is 22.2. The number of amides is 1. The van der Waals surface area contributed by atoms with Gasteiger partial charge in [0.05, 0.1) is 0 Å². The van der Waals surface area contributed by atoms with Crippen molar-refractivity contribution in [2.75, 3.05) is 6.54 Å². The molecular weight excluding hydrogens is 254 g/mol. The van der Waals surface area contributed by atoms with E-state index in [0.29, 0.717) is 18.9 Å². The molecule has 2 rings (SSSR count). The van der Waals surface area contributed by atoms with Gasteiger partial charge in [-0.3, -0.25) is 4.79 Å². The molecule has 0 heterocycles. The Bertz CT molecular complexity index is 473. The highest BCUT2D eigenvalue weighted by Crippen LogP contribution is 2.41. The van der Waals surface area contributed by atoms with Crippen molar-refractivity contribution < 1.29 is 15.0 Å². The lowest BCUT2D eigenvalue weighted by Crippen LogP contribution is -2.27. The van der Waals surface area contributed by atoms with Crippen LogP contribution < -0.4 is 5.32 Å². The first kappa shape index (κ1) is 14.7. The lowest BCUT2D eigenvalue weighted by molar-refractivity contribution is -0.122. The molecule has 20 heavy (non-hydrogen) atoms. The van der Waals surface area contributed by atoms with Crippen LogP contribution in [0.15, 0.2) is 18.2 Å². The van der Waals surface area contributed by atoms with Crippen LogP contribution in [0.25, 0.3) is 0 Å². The number of rotatable bonds is 4. The zero-order valence-electron chi connectivity index (χ0n) is 11.9. The van der Waals surface area contributed by atoms with Crippen molar-refractivity contribution >= 4 is 5.91 Å². The van der Waals surface area contributed by atoms with E-state index in [4.69, 9.17) is 0 Å². The smallest absolute Gasteiger partial charge is 0.220 e. The Morgan fingerprint density at radius 2 is 2.15 bits per heavy atom. The number of carbonyl (C=O) groups excluding carboxylic acids is 1. The van der Waals surface area contributed by atoms with Gasteiger partial charge in [0.1, 0.15) is 11.5 Å². The molecule has 110 valence electrons. The Kier molecular flexibility index (Phi) is 4.88. The summed E-state index contributed by atoms with van der Waals surface area (Å²) in [6.07, 6.45) is 4.68. The molecule has 4 nitrogen and oxygen atoms in total. The van der Waals surface area contributed by atoms with Crippen LogP contribution in [0.2, 0.25) is 0 Å². The van der Waals surface area contributed by atoms with E-state index in [0.717, 1.165) is 31.2 Å². The fourth-order valence-electron chi connectivity index (χ4n) is 3.17. The van der Waals surface area contributed by atoms with Crippen LogP contribution in [0.1, 0.15) is 50.5 Å². The van der Waals surface area contributed by atoms with Crippen LogP contribution >= 0.6 is 0 Å². The van der Waals surface area contributed by atoms with Crippen molar-refractivity contribution in [3.05, 3.63) is 23.8 Å². The first-order valence-corrected chi connectivity index (χ1v) is 7.38. The highest BCUT2D eigenvalue weighted by molar-refractivity contribution is 5.76. The largest absolute Gasteiger partial charge is 0.508 e. The minimum atomic E-state index is 0.0842. The molecule has 1 aliphatic rings. The van der Waals surface area contributed by atoms with Crippen molar-refractivity contribution in [2.24, 2.45) is 5.92 Å². The fraction of sp³-hybridized carbons (Fsp3) is 0.562. The number of nitrogens with one attached hydrogen (secondary N) is 1. The second-order valence-electron chi connectivity index (χ2n) is 5.63. The molecule has 1 aromatic carbocycles. The van der Waals surface area contributed by atoms with Gasteiger partial charge >= 0.3 is 0 Å². The SMILES string of the molecule is CCNC(=O)CC1CCCC(c2ccc(O)cc2O)C1. The van der Waals surface area contributed by atoms with Gasteiger partial charge in [0, 0.05) is 19.0 Å². The highest BCUT2D eigenvalue weighted by Gasteiger charge is 2.26. The Balaban J connectivity index is 2.01. The summed E-state index contributed by atoms with van der Waals surface area (Å²) in [6, 6.07) is 4.80.